The molecule has 0 bridgehead atoms. The number of anilines is 1. The van der Waals surface area contributed by atoms with E-state index in [4.69, 9.17) is 9.47 Å². The predicted octanol–water partition coefficient (Wildman–Crippen LogP) is 4.11. The number of hydrogen-bond donors (Lipinski definition) is 1. The third kappa shape index (κ3) is 6.84. The lowest BCUT2D eigenvalue weighted by Crippen LogP contribution is -2.14. The molecule has 0 atom stereocenters. The number of aromatic nitrogens is 4. The molecular formula is C25H23N5O4S. The van der Waals surface area contributed by atoms with Crippen LogP contribution in [0.5, 0.6) is 11.9 Å². The van der Waals surface area contributed by atoms with Crippen molar-refractivity contribution in [2.75, 3.05) is 17.9 Å². The minimum atomic E-state index is -3.87. The molecule has 0 radical (unpaired) electrons. The number of rotatable bonds is 10. The number of nitrogens with zero attached hydrogens (tertiary/aromatic N) is 4. The number of sulfonamides is 1. The predicted molar refractivity (Wildman–Crippen MR) is 133 cm³/mol. The lowest BCUT2D eigenvalue weighted by Gasteiger charge is -2.15. The van der Waals surface area contributed by atoms with Crippen molar-refractivity contribution >= 4 is 21.9 Å². The second-order valence-corrected chi connectivity index (χ2v) is 8.92. The molecule has 0 aliphatic heterocycles. The van der Waals surface area contributed by atoms with E-state index in [2.05, 4.69) is 24.7 Å². The fraction of sp³-hybridized carbons (Fsp3) is 0.120. The highest BCUT2D eigenvalue weighted by Crippen LogP contribution is 2.34. The van der Waals surface area contributed by atoms with Gasteiger partial charge in [0.05, 0.1) is 11.0 Å². The maximum Gasteiger partial charge on any atom is 0.316 e. The Hall–Kier alpha value is -4.31. The molecule has 0 fully saturated rings. The summed E-state index contributed by atoms with van der Waals surface area (Å²) in [6.45, 7) is 2.26. The van der Waals surface area contributed by atoms with Gasteiger partial charge in [0.25, 0.3) is 10.0 Å². The lowest BCUT2D eigenvalue weighted by molar-refractivity contribution is 0.202. The summed E-state index contributed by atoms with van der Waals surface area (Å²) in [4.78, 5) is 16.4. The number of nitrogens with one attached hydrogen (secondary N) is 1. The SMILES string of the molecule is Cc1ccc(-c2c(NS(=O)(=O)/C=C/c3ccccc3)ncnc2OCCOc2ncccn2)cc1. The number of ether oxygens (including phenoxy) is 2. The van der Waals surface area contributed by atoms with Crippen LogP contribution >= 0.6 is 0 Å². The van der Waals surface area contributed by atoms with Gasteiger partial charge in [0.1, 0.15) is 19.5 Å². The molecule has 4 rings (SSSR count). The van der Waals surface area contributed by atoms with Crippen LogP contribution in [0.25, 0.3) is 17.2 Å². The molecule has 0 amide bonds. The van der Waals surface area contributed by atoms with Gasteiger partial charge in [-0.1, -0.05) is 60.2 Å². The Morgan fingerprint density at radius 1 is 0.857 bits per heavy atom. The Morgan fingerprint density at radius 2 is 1.57 bits per heavy atom. The Kier molecular flexibility index (Phi) is 7.63. The first-order valence-electron chi connectivity index (χ1n) is 10.7. The van der Waals surface area contributed by atoms with E-state index in [1.54, 1.807) is 18.5 Å². The van der Waals surface area contributed by atoms with Crippen LogP contribution in [0.2, 0.25) is 0 Å². The van der Waals surface area contributed by atoms with Crippen molar-refractivity contribution in [1.29, 1.82) is 0 Å². The van der Waals surface area contributed by atoms with Crippen LogP contribution in [0.1, 0.15) is 11.1 Å². The molecule has 9 nitrogen and oxygen atoms in total. The molecule has 0 aliphatic carbocycles. The van der Waals surface area contributed by atoms with E-state index >= 15 is 0 Å². The van der Waals surface area contributed by atoms with Gasteiger partial charge in [-0.2, -0.15) is 0 Å². The minimum absolute atomic E-state index is 0.101. The van der Waals surface area contributed by atoms with Gasteiger partial charge in [0.15, 0.2) is 5.82 Å². The van der Waals surface area contributed by atoms with Gasteiger partial charge in [0, 0.05) is 12.4 Å². The lowest BCUT2D eigenvalue weighted by atomic mass is 10.1. The van der Waals surface area contributed by atoms with Crippen LogP contribution in [-0.2, 0) is 10.0 Å². The van der Waals surface area contributed by atoms with Crippen LogP contribution in [0.15, 0.2) is 84.8 Å². The largest absolute Gasteiger partial charge is 0.473 e. The van der Waals surface area contributed by atoms with E-state index < -0.39 is 10.0 Å². The summed E-state index contributed by atoms with van der Waals surface area (Å²) in [5.41, 5.74) is 2.92. The van der Waals surface area contributed by atoms with E-state index in [9.17, 15) is 8.42 Å². The Morgan fingerprint density at radius 3 is 2.31 bits per heavy atom. The van der Waals surface area contributed by atoms with Gasteiger partial charge in [0.2, 0.25) is 5.88 Å². The summed E-state index contributed by atoms with van der Waals surface area (Å²) in [7, 11) is -3.87. The third-order valence-electron chi connectivity index (χ3n) is 4.73. The summed E-state index contributed by atoms with van der Waals surface area (Å²) < 4.78 is 39.4. The van der Waals surface area contributed by atoms with Crippen LogP contribution in [-0.4, -0.2) is 41.6 Å². The number of benzene rings is 2. The molecular weight excluding hydrogens is 466 g/mol. The van der Waals surface area contributed by atoms with Crippen LogP contribution in [0.3, 0.4) is 0 Å². The Labute approximate surface area is 203 Å². The third-order valence-corrected chi connectivity index (χ3v) is 5.70. The highest BCUT2D eigenvalue weighted by Gasteiger charge is 2.19. The summed E-state index contributed by atoms with van der Waals surface area (Å²) in [6.07, 6.45) is 5.91. The van der Waals surface area contributed by atoms with Gasteiger partial charge < -0.3 is 9.47 Å². The Balaban J connectivity index is 1.57. The molecule has 1 N–H and O–H groups in total. The molecule has 35 heavy (non-hydrogen) atoms. The van der Waals surface area contributed by atoms with E-state index in [1.165, 1.54) is 12.4 Å². The van der Waals surface area contributed by atoms with Crippen molar-refractivity contribution in [2.45, 2.75) is 6.92 Å². The first-order valence-corrected chi connectivity index (χ1v) is 12.3. The van der Waals surface area contributed by atoms with Crippen LogP contribution in [0.4, 0.5) is 5.82 Å². The number of hydrogen-bond acceptors (Lipinski definition) is 8. The smallest absolute Gasteiger partial charge is 0.316 e. The fourth-order valence-corrected chi connectivity index (χ4v) is 3.90. The molecule has 2 aromatic carbocycles. The molecule has 2 heterocycles. The minimum Gasteiger partial charge on any atom is -0.473 e. The van der Waals surface area contributed by atoms with Crippen LogP contribution < -0.4 is 14.2 Å². The summed E-state index contributed by atoms with van der Waals surface area (Å²) in [5, 5.41) is 1.09. The fourth-order valence-electron chi connectivity index (χ4n) is 3.07. The highest BCUT2D eigenvalue weighted by atomic mass is 32.2. The monoisotopic (exact) mass is 489 g/mol. The van der Waals surface area contributed by atoms with E-state index in [0.717, 1.165) is 16.5 Å². The highest BCUT2D eigenvalue weighted by molar-refractivity contribution is 7.95. The normalized spacial score (nSPS) is 11.3. The van der Waals surface area contributed by atoms with E-state index in [0.29, 0.717) is 11.1 Å². The van der Waals surface area contributed by atoms with Crippen molar-refractivity contribution in [2.24, 2.45) is 0 Å². The van der Waals surface area contributed by atoms with E-state index in [1.807, 2.05) is 61.5 Å². The molecule has 0 unspecified atom stereocenters. The first-order chi connectivity index (χ1) is 17.0. The molecule has 2 aromatic heterocycles. The second kappa shape index (κ2) is 11.2. The second-order valence-electron chi connectivity index (χ2n) is 7.36. The van der Waals surface area contributed by atoms with E-state index in [-0.39, 0.29) is 30.9 Å². The maximum absolute atomic E-state index is 12.8. The molecule has 0 spiro atoms. The van der Waals surface area contributed by atoms with Gasteiger partial charge in [-0.3, -0.25) is 4.72 Å². The molecule has 0 aliphatic rings. The first kappa shape index (κ1) is 23.8. The van der Waals surface area contributed by atoms with Crippen molar-refractivity contribution in [3.8, 4) is 23.0 Å². The average molecular weight is 490 g/mol. The number of aryl methyl sites for hydroxylation is 1. The quantitative estimate of drug-likeness (QED) is 0.331. The Bertz CT molecular complexity index is 1380. The van der Waals surface area contributed by atoms with Gasteiger partial charge in [-0.25, -0.2) is 28.4 Å². The molecule has 178 valence electrons. The molecule has 0 saturated heterocycles. The van der Waals surface area contributed by atoms with Crippen molar-refractivity contribution in [1.82, 2.24) is 19.9 Å². The molecule has 0 saturated carbocycles. The van der Waals surface area contributed by atoms with Gasteiger partial charge in [-0.15, -0.1) is 0 Å². The zero-order valence-corrected chi connectivity index (χ0v) is 19.7. The zero-order chi connectivity index (χ0) is 24.5. The zero-order valence-electron chi connectivity index (χ0n) is 18.9. The topological polar surface area (TPSA) is 116 Å². The van der Waals surface area contributed by atoms with Gasteiger partial charge >= 0.3 is 6.01 Å². The van der Waals surface area contributed by atoms with Crippen molar-refractivity contribution < 1.29 is 17.9 Å². The van der Waals surface area contributed by atoms with Crippen molar-refractivity contribution in [3.05, 3.63) is 95.9 Å². The summed E-state index contributed by atoms with van der Waals surface area (Å²) in [6, 6.07) is 18.6. The van der Waals surface area contributed by atoms with Crippen molar-refractivity contribution in [3.63, 3.8) is 0 Å². The summed E-state index contributed by atoms with van der Waals surface area (Å²) >= 11 is 0. The standard InChI is InChI=1S/C25H23N5O4S/c1-19-8-10-21(11-9-19)22-23(30-35(31,32)17-12-20-6-3-2-4-7-20)28-18-29-24(22)33-15-16-34-25-26-13-5-14-27-25/h2-14,17-18H,15-16H2,1H3,(H,28,29,30)/b17-12+. The molecule has 4 aromatic rings. The van der Waals surface area contributed by atoms with Gasteiger partial charge in [-0.05, 0) is 30.2 Å². The molecule has 10 heteroatoms. The average Bonchev–Trinajstić information content (AvgIpc) is 2.87. The maximum atomic E-state index is 12.8. The van der Waals surface area contributed by atoms with Crippen LogP contribution in [0, 0.1) is 6.92 Å². The summed E-state index contributed by atoms with van der Waals surface area (Å²) in [5.74, 6) is 0.315.